The van der Waals surface area contributed by atoms with Crippen molar-refractivity contribution in [3.05, 3.63) is 94.2 Å². The van der Waals surface area contributed by atoms with Crippen LogP contribution in [0, 0.1) is 5.82 Å². The molecule has 0 aliphatic rings. The summed E-state index contributed by atoms with van der Waals surface area (Å²) in [6.45, 7) is 3.38. The lowest BCUT2D eigenvalue weighted by Crippen LogP contribution is -2.52. The molecule has 3 aromatic carbocycles. The van der Waals surface area contributed by atoms with Gasteiger partial charge in [-0.3, -0.25) is 13.9 Å². The molecule has 0 heterocycles. The van der Waals surface area contributed by atoms with Crippen molar-refractivity contribution in [1.82, 2.24) is 10.2 Å². The second-order valence-electron chi connectivity index (χ2n) is 8.78. The third-order valence-corrected chi connectivity index (χ3v) is 8.32. The number of benzene rings is 3. The lowest BCUT2D eigenvalue weighted by Gasteiger charge is -2.33. The Morgan fingerprint density at radius 1 is 0.974 bits per heavy atom. The summed E-state index contributed by atoms with van der Waals surface area (Å²) >= 11 is 12.6. The summed E-state index contributed by atoms with van der Waals surface area (Å²) in [5.41, 5.74) is 0.594. The quantitative estimate of drug-likeness (QED) is 0.293. The standard InChI is InChI=1S/C28H30Cl2FN3O4S/c1-3-16-32-28(36)25(4-2)33(18-20-10-13-22(31)14-11-20)27(35)19-34(26-17-21(29)12-15-24(26)30)39(37,38)23-8-6-5-7-9-23/h5-15,17,25H,3-4,16,18-19H2,1-2H3,(H,32,36). The smallest absolute Gasteiger partial charge is 0.264 e. The Labute approximate surface area is 238 Å². The minimum Gasteiger partial charge on any atom is -0.354 e. The van der Waals surface area contributed by atoms with Gasteiger partial charge in [-0.1, -0.05) is 67.4 Å². The summed E-state index contributed by atoms with van der Waals surface area (Å²) in [5, 5.41) is 3.11. The van der Waals surface area contributed by atoms with E-state index >= 15 is 0 Å². The van der Waals surface area contributed by atoms with Gasteiger partial charge in [0, 0.05) is 18.1 Å². The first-order chi connectivity index (χ1) is 18.6. The van der Waals surface area contributed by atoms with Crippen LogP contribution in [0.5, 0.6) is 0 Å². The summed E-state index contributed by atoms with van der Waals surface area (Å²) in [6.07, 6.45) is 0.969. The van der Waals surface area contributed by atoms with E-state index in [2.05, 4.69) is 5.32 Å². The molecule has 0 aromatic heterocycles. The fourth-order valence-corrected chi connectivity index (χ4v) is 5.86. The summed E-state index contributed by atoms with van der Waals surface area (Å²) in [6, 6.07) is 16.6. The van der Waals surface area contributed by atoms with Crippen LogP contribution < -0.4 is 9.62 Å². The SMILES string of the molecule is CCCNC(=O)C(CC)N(Cc1ccc(F)cc1)C(=O)CN(c1cc(Cl)ccc1Cl)S(=O)(=O)c1ccccc1. The van der Waals surface area contributed by atoms with Crippen molar-refractivity contribution in [3.63, 3.8) is 0 Å². The molecular weight excluding hydrogens is 564 g/mol. The molecule has 208 valence electrons. The van der Waals surface area contributed by atoms with Crippen molar-refractivity contribution in [2.75, 3.05) is 17.4 Å². The van der Waals surface area contributed by atoms with E-state index in [1.807, 2.05) is 6.92 Å². The molecule has 0 spiro atoms. The fraction of sp³-hybridized carbons (Fsp3) is 0.286. The molecular formula is C28H30Cl2FN3O4S. The number of rotatable bonds is 12. The number of sulfonamides is 1. The Kier molecular flexibility index (Phi) is 10.7. The topological polar surface area (TPSA) is 86.8 Å². The molecule has 1 atom stereocenters. The molecule has 0 aliphatic heterocycles. The number of nitrogens with zero attached hydrogens (tertiary/aromatic N) is 2. The van der Waals surface area contributed by atoms with Gasteiger partial charge < -0.3 is 10.2 Å². The Bertz CT molecular complexity index is 1390. The molecule has 0 radical (unpaired) electrons. The van der Waals surface area contributed by atoms with E-state index in [9.17, 15) is 22.4 Å². The Hall–Kier alpha value is -3.14. The first kappa shape index (κ1) is 30.4. The van der Waals surface area contributed by atoms with Gasteiger partial charge in [0.15, 0.2) is 0 Å². The highest BCUT2D eigenvalue weighted by atomic mass is 35.5. The highest BCUT2D eigenvalue weighted by molar-refractivity contribution is 7.92. The van der Waals surface area contributed by atoms with Crippen molar-refractivity contribution in [3.8, 4) is 0 Å². The number of carbonyl (C=O) groups excluding carboxylic acids is 2. The van der Waals surface area contributed by atoms with Gasteiger partial charge in [0.1, 0.15) is 18.4 Å². The summed E-state index contributed by atoms with van der Waals surface area (Å²) in [7, 11) is -4.27. The number of hydrogen-bond donors (Lipinski definition) is 1. The fourth-order valence-electron chi connectivity index (χ4n) is 3.98. The Balaban J connectivity index is 2.07. The van der Waals surface area contributed by atoms with Crippen LogP contribution in [0.15, 0.2) is 77.7 Å². The molecule has 1 unspecified atom stereocenters. The molecule has 1 N–H and O–H groups in total. The average Bonchev–Trinajstić information content (AvgIpc) is 2.93. The Morgan fingerprint density at radius 3 is 2.26 bits per heavy atom. The number of nitrogens with one attached hydrogen (secondary N) is 1. The molecule has 3 rings (SSSR count). The number of carbonyl (C=O) groups is 2. The number of hydrogen-bond acceptors (Lipinski definition) is 4. The molecule has 2 amide bonds. The lowest BCUT2D eigenvalue weighted by atomic mass is 10.1. The van der Waals surface area contributed by atoms with Crippen LogP contribution in [-0.4, -0.2) is 44.3 Å². The lowest BCUT2D eigenvalue weighted by molar-refractivity contribution is -0.140. The van der Waals surface area contributed by atoms with Gasteiger partial charge in [-0.2, -0.15) is 0 Å². The predicted molar refractivity (Wildman–Crippen MR) is 152 cm³/mol. The van der Waals surface area contributed by atoms with Crippen LogP contribution in [0.1, 0.15) is 32.3 Å². The molecule has 7 nitrogen and oxygen atoms in total. The van der Waals surface area contributed by atoms with E-state index in [0.717, 1.165) is 4.31 Å². The summed E-state index contributed by atoms with van der Waals surface area (Å²) < 4.78 is 42.0. The molecule has 39 heavy (non-hydrogen) atoms. The molecule has 3 aromatic rings. The monoisotopic (exact) mass is 593 g/mol. The maximum atomic E-state index is 13.9. The molecule has 0 saturated carbocycles. The maximum Gasteiger partial charge on any atom is 0.264 e. The van der Waals surface area contributed by atoms with Crippen LogP contribution in [0.25, 0.3) is 0 Å². The number of anilines is 1. The zero-order chi connectivity index (χ0) is 28.6. The molecule has 0 saturated heterocycles. The van der Waals surface area contributed by atoms with Crippen molar-refractivity contribution in [2.24, 2.45) is 0 Å². The van der Waals surface area contributed by atoms with E-state index in [0.29, 0.717) is 18.5 Å². The second kappa shape index (κ2) is 13.8. The van der Waals surface area contributed by atoms with Crippen LogP contribution in [0.2, 0.25) is 10.0 Å². The normalized spacial score (nSPS) is 12.0. The van der Waals surface area contributed by atoms with E-state index in [-0.39, 0.29) is 39.5 Å². The molecule has 0 bridgehead atoms. The van der Waals surface area contributed by atoms with Crippen molar-refractivity contribution < 1.29 is 22.4 Å². The number of halogens is 3. The highest BCUT2D eigenvalue weighted by Crippen LogP contribution is 2.33. The minimum absolute atomic E-state index is 0.0200. The van der Waals surface area contributed by atoms with Crippen molar-refractivity contribution in [2.45, 2.75) is 44.2 Å². The third kappa shape index (κ3) is 7.71. The summed E-state index contributed by atoms with van der Waals surface area (Å²) in [4.78, 5) is 28.3. The largest absolute Gasteiger partial charge is 0.354 e. The predicted octanol–water partition coefficient (Wildman–Crippen LogP) is 5.66. The first-order valence-corrected chi connectivity index (χ1v) is 14.6. The van der Waals surface area contributed by atoms with Crippen LogP contribution in [0.4, 0.5) is 10.1 Å². The van der Waals surface area contributed by atoms with Crippen LogP contribution in [0.3, 0.4) is 0 Å². The molecule has 0 fully saturated rings. The van der Waals surface area contributed by atoms with Gasteiger partial charge in [-0.15, -0.1) is 0 Å². The number of amides is 2. The second-order valence-corrected chi connectivity index (χ2v) is 11.5. The van der Waals surface area contributed by atoms with Gasteiger partial charge in [0.05, 0.1) is 15.6 Å². The van der Waals surface area contributed by atoms with Crippen molar-refractivity contribution >= 4 is 50.7 Å². The Morgan fingerprint density at radius 2 is 1.64 bits per heavy atom. The van der Waals surface area contributed by atoms with Gasteiger partial charge in [0.25, 0.3) is 10.0 Å². The molecule has 11 heteroatoms. The zero-order valence-corrected chi connectivity index (χ0v) is 23.9. The zero-order valence-electron chi connectivity index (χ0n) is 21.6. The highest BCUT2D eigenvalue weighted by Gasteiger charge is 2.34. The van der Waals surface area contributed by atoms with Crippen LogP contribution >= 0.6 is 23.2 Å². The maximum absolute atomic E-state index is 13.9. The van der Waals surface area contributed by atoms with E-state index < -0.39 is 34.3 Å². The van der Waals surface area contributed by atoms with Gasteiger partial charge >= 0.3 is 0 Å². The van der Waals surface area contributed by atoms with Gasteiger partial charge in [0.2, 0.25) is 11.8 Å². The van der Waals surface area contributed by atoms with E-state index in [1.54, 1.807) is 25.1 Å². The van der Waals surface area contributed by atoms with E-state index in [4.69, 9.17) is 23.2 Å². The minimum atomic E-state index is -4.27. The molecule has 0 aliphatic carbocycles. The average molecular weight is 595 g/mol. The third-order valence-electron chi connectivity index (χ3n) is 5.99. The van der Waals surface area contributed by atoms with E-state index in [1.165, 1.54) is 59.5 Å². The van der Waals surface area contributed by atoms with Gasteiger partial charge in [-0.25, -0.2) is 12.8 Å². The summed E-state index contributed by atoms with van der Waals surface area (Å²) in [5.74, 6) is -1.46. The van der Waals surface area contributed by atoms with Gasteiger partial charge in [-0.05, 0) is 60.9 Å². The first-order valence-electron chi connectivity index (χ1n) is 12.4. The van der Waals surface area contributed by atoms with Crippen LogP contribution in [-0.2, 0) is 26.2 Å². The van der Waals surface area contributed by atoms with Crippen molar-refractivity contribution in [1.29, 1.82) is 0 Å².